The third-order valence-corrected chi connectivity index (χ3v) is 3.98. The molecule has 0 spiro atoms. The highest BCUT2D eigenvalue weighted by Gasteiger charge is 2.36. The predicted octanol–water partition coefficient (Wildman–Crippen LogP) is 1.35. The van der Waals surface area contributed by atoms with Crippen LogP contribution in [0.2, 0.25) is 0 Å². The van der Waals surface area contributed by atoms with Crippen LogP contribution in [0.1, 0.15) is 29.0 Å². The van der Waals surface area contributed by atoms with Gasteiger partial charge in [0.15, 0.2) is 5.69 Å². The summed E-state index contributed by atoms with van der Waals surface area (Å²) in [6.45, 7) is 2.96. The van der Waals surface area contributed by atoms with Crippen molar-refractivity contribution < 1.29 is 18.0 Å². The SMILES string of the molecule is O=C(c1cc(C(F)(F)F)[nH]n1)N1CCN2CCCC2C1. The summed E-state index contributed by atoms with van der Waals surface area (Å²) in [5.74, 6) is -0.427. The number of nitrogens with zero attached hydrogens (tertiary/aromatic N) is 3. The Labute approximate surface area is 113 Å². The Hall–Kier alpha value is -1.57. The van der Waals surface area contributed by atoms with E-state index in [1.807, 2.05) is 5.10 Å². The van der Waals surface area contributed by atoms with Gasteiger partial charge in [0.25, 0.3) is 5.91 Å². The molecule has 1 aromatic rings. The molecule has 3 heterocycles. The first-order valence-corrected chi connectivity index (χ1v) is 6.61. The minimum absolute atomic E-state index is 0.163. The minimum atomic E-state index is -4.50. The van der Waals surface area contributed by atoms with Crippen molar-refractivity contribution in [2.75, 3.05) is 26.2 Å². The van der Waals surface area contributed by atoms with Crippen molar-refractivity contribution in [3.63, 3.8) is 0 Å². The lowest BCUT2D eigenvalue weighted by Gasteiger charge is -2.37. The zero-order chi connectivity index (χ0) is 14.3. The van der Waals surface area contributed by atoms with E-state index in [1.54, 1.807) is 4.90 Å². The van der Waals surface area contributed by atoms with Crippen LogP contribution in [0.4, 0.5) is 13.2 Å². The number of nitrogens with one attached hydrogen (secondary N) is 1. The van der Waals surface area contributed by atoms with E-state index in [4.69, 9.17) is 0 Å². The van der Waals surface area contributed by atoms with E-state index in [0.717, 1.165) is 32.0 Å². The van der Waals surface area contributed by atoms with Crippen LogP contribution in [0.25, 0.3) is 0 Å². The minimum Gasteiger partial charge on any atom is -0.334 e. The van der Waals surface area contributed by atoms with E-state index >= 15 is 0 Å². The van der Waals surface area contributed by atoms with E-state index in [1.165, 1.54) is 0 Å². The average Bonchev–Trinajstić information content (AvgIpc) is 3.05. The predicted molar refractivity (Wildman–Crippen MR) is 64.1 cm³/mol. The van der Waals surface area contributed by atoms with Crippen LogP contribution in [0.5, 0.6) is 0 Å². The fourth-order valence-electron chi connectivity index (χ4n) is 2.91. The summed E-state index contributed by atoms with van der Waals surface area (Å²) >= 11 is 0. The normalized spacial score (nSPS) is 23.9. The molecule has 2 saturated heterocycles. The van der Waals surface area contributed by atoms with Gasteiger partial charge in [-0.3, -0.25) is 14.8 Å². The second kappa shape index (κ2) is 4.76. The largest absolute Gasteiger partial charge is 0.432 e. The molecular weight excluding hydrogens is 273 g/mol. The van der Waals surface area contributed by atoms with Gasteiger partial charge >= 0.3 is 6.18 Å². The Morgan fingerprint density at radius 2 is 2.15 bits per heavy atom. The van der Waals surface area contributed by atoms with Crippen LogP contribution in [0, 0.1) is 0 Å². The van der Waals surface area contributed by atoms with Crippen molar-refractivity contribution in [2.24, 2.45) is 0 Å². The van der Waals surface area contributed by atoms with Gasteiger partial charge in [-0.15, -0.1) is 0 Å². The first kappa shape index (κ1) is 13.4. The van der Waals surface area contributed by atoms with Crippen molar-refractivity contribution in [2.45, 2.75) is 25.1 Å². The summed E-state index contributed by atoms with van der Waals surface area (Å²) < 4.78 is 37.4. The van der Waals surface area contributed by atoms with Crippen molar-refractivity contribution in [3.05, 3.63) is 17.5 Å². The first-order valence-electron chi connectivity index (χ1n) is 6.61. The molecule has 3 rings (SSSR count). The van der Waals surface area contributed by atoms with Gasteiger partial charge in [0.05, 0.1) is 0 Å². The van der Waals surface area contributed by atoms with Crippen LogP contribution >= 0.6 is 0 Å². The zero-order valence-corrected chi connectivity index (χ0v) is 10.8. The van der Waals surface area contributed by atoms with Crippen molar-refractivity contribution >= 4 is 5.91 Å². The molecule has 2 fully saturated rings. The number of piperazine rings is 1. The van der Waals surface area contributed by atoms with Crippen molar-refractivity contribution in [1.29, 1.82) is 0 Å². The molecule has 0 aromatic carbocycles. The molecule has 1 atom stereocenters. The number of carbonyl (C=O) groups is 1. The van der Waals surface area contributed by atoms with Gasteiger partial charge in [-0.2, -0.15) is 18.3 Å². The molecule has 2 aliphatic rings. The number of amides is 1. The number of H-pyrrole nitrogens is 1. The molecule has 1 aromatic heterocycles. The topological polar surface area (TPSA) is 52.2 Å². The molecule has 1 N–H and O–H groups in total. The smallest absolute Gasteiger partial charge is 0.334 e. The number of fused-ring (bicyclic) bond motifs is 1. The molecule has 8 heteroatoms. The fraction of sp³-hybridized carbons (Fsp3) is 0.667. The monoisotopic (exact) mass is 288 g/mol. The van der Waals surface area contributed by atoms with E-state index in [2.05, 4.69) is 10.00 Å². The van der Waals surface area contributed by atoms with Crippen LogP contribution in [0.3, 0.4) is 0 Å². The average molecular weight is 288 g/mol. The fourth-order valence-corrected chi connectivity index (χ4v) is 2.91. The van der Waals surface area contributed by atoms with Crippen molar-refractivity contribution in [3.8, 4) is 0 Å². The van der Waals surface area contributed by atoms with Crippen LogP contribution in [-0.2, 0) is 6.18 Å². The van der Waals surface area contributed by atoms with Crippen molar-refractivity contribution in [1.82, 2.24) is 20.0 Å². The molecule has 1 unspecified atom stereocenters. The highest BCUT2D eigenvalue weighted by Crippen LogP contribution is 2.28. The molecule has 1 amide bonds. The Morgan fingerprint density at radius 1 is 1.35 bits per heavy atom. The van der Waals surface area contributed by atoms with Crippen LogP contribution < -0.4 is 0 Å². The highest BCUT2D eigenvalue weighted by atomic mass is 19.4. The number of halogens is 3. The number of rotatable bonds is 1. The van der Waals surface area contributed by atoms with E-state index in [-0.39, 0.29) is 5.69 Å². The number of alkyl halides is 3. The summed E-state index contributed by atoms with van der Waals surface area (Å²) in [6.07, 6.45) is -2.35. The molecule has 110 valence electrons. The van der Waals surface area contributed by atoms with Gasteiger partial charge in [-0.1, -0.05) is 0 Å². The number of hydrogen-bond acceptors (Lipinski definition) is 3. The second-order valence-electron chi connectivity index (χ2n) is 5.25. The Balaban J connectivity index is 1.71. The van der Waals surface area contributed by atoms with Crippen LogP contribution in [0.15, 0.2) is 6.07 Å². The summed E-state index contributed by atoms with van der Waals surface area (Å²) in [6, 6.07) is 1.12. The maximum atomic E-state index is 12.5. The Kier molecular flexibility index (Phi) is 3.19. The molecule has 5 nitrogen and oxygen atoms in total. The quantitative estimate of drug-likeness (QED) is 0.848. The lowest BCUT2D eigenvalue weighted by atomic mass is 10.1. The molecular formula is C12H15F3N4O. The molecule has 0 aliphatic carbocycles. The summed E-state index contributed by atoms with van der Waals surface area (Å²) in [5.41, 5.74) is -1.15. The van der Waals surface area contributed by atoms with Gasteiger partial charge in [-0.25, -0.2) is 0 Å². The number of aromatic nitrogens is 2. The summed E-state index contributed by atoms with van der Waals surface area (Å²) in [7, 11) is 0. The van der Waals surface area contributed by atoms with Gasteiger partial charge < -0.3 is 4.90 Å². The Morgan fingerprint density at radius 3 is 2.85 bits per heavy atom. The number of carbonyl (C=O) groups excluding carboxylic acids is 1. The first-order chi connectivity index (χ1) is 9.45. The van der Waals surface area contributed by atoms with Gasteiger partial charge in [0, 0.05) is 31.7 Å². The second-order valence-corrected chi connectivity index (χ2v) is 5.25. The maximum Gasteiger partial charge on any atom is 0.432 e. The lowest BCUT2D eigenvalue weighted by Crippen LogP contribution is -2.52. The van der Waals surface area contributed by atoms with Crippen LogP contribution in [-0.4, -0.2) is 58.1 Å². The molecule has 0 radical (unpaired) electrons. The van der Waals surface area contributed by atoms with Gasteiger partial charge in [0.1, 0.15) is 5.69 Å². The standard InChI is InChI=1S/C12H15F3N4O/c13-12(14,15)10-6-9(16-17-10)11(20)19-5-4-18-3-1-2-8(18)7-19/h6,8H,1-5,7H2,(H,16,17). The molecule has 2 aliphatic heterocycles. The third kappa shape index (κ3) is 2.39. The summed E-state index contributed by atoms with van der Waals surface area (Å²) in [5, 5.41) is 5.37. The van der Waals surface area contributed by atoms with Gasteiger partial charge in [0.2, 0.25) is 0 Å². The third-order valence-electron chi connectivity index (χ3n) is 3.98. The molecule has 0 saturated carbocycles. The maximum absolute atomic E-state index is 12.5. The Bertz CT molecular complexity index is 513. The highest BCUT2D eigenvalue weighted by molar-refractivity contribution is 5.92. The molecule has 0 bridgehead atoms. The lowest BCUT2D eigenvalue weighted by molar-refractivity contribution is -0.141. The summed E-state index contributed by atoms with van der Waals surface area (Å²) in [4.78, 5) is 16.1. The van der Waals surface area contributed by atoms with E-state index in [9.17, 15) is 18.0 Å². The number of hydrogen-bond donors (Lipinski definition) is 1. The van der Waals surface area contributed by atoms with Gasteiger partial charge in [-0.05, 0) is 19.4 Å². The van der Waals surface area contributed by atoms with E-state index in [0.29, 0.717) is 19.1 Å². The zero-order valence-electron chi connectivity index (χ0n) is 10.8. The number of aromatic amines is 1. The van der Waals surface area contributed by atoms with E-state index < -0.39 is 17.8 Å². The molecule has 20 heavy (non-hydrogen) atoms.